The number of rotatable bonds is 4. The normalized spacial score (nSPS) is 16.3. The number of nitrogens with one attached hydrogen (secondary N) is 1. The van der Waals surface area contributed by atoms with Crippen molar-refractivity contribution in [2.24, 2.45) is 11.7 Å². The zero-order valence-electron chi connectivity index (χ0n) is 11.8. The van der Waals surface area contributed by atoms with Gasteiger partial charge in [0.2, 0.25) is 5.91 Å². The highest BCUT2D eigenvalue weighted by atomic mass is 16.1. The van der Waals surface area contributed by atoms with Crippen molar-refractivity contribution >= 4 is 11.6 Å². The second-order valence-corrected chi connectivity index (χ2v) is 5.44. The molecule has 0 bridgehead atoms. The summed E-state index contributed by atoms with van der Waals surface area (Å²) in [4.78, 5) is 13.5. The van der Waals surface area contributed by atoms with E-state index in [0.29, 0.717) is 5.56 Å². The molecule has 1 amide bonds. The van der Waals surface area contributed by atoms with Gasteiger partial charge in [-0.1, -0.05) is 0 Å². The lowest BCUT2D eigenvalue weighted by Crippen LogP contribution is -2.34. The van der Waals surface area contributed by atoms with Gasteiger partial charge in [0.25, 0.3) is 0 Å². The summed E-state index contributed by atoms with van der Waals surface area (Å²) in [6.07, 6.45) is 2.48. The molecule has 1 fully saturated rings. The summed E-state index contributed by atoms with van der Waals surface area (Å²) < 4.78 is 0. The van der Waals surface area contributed by atoms with E-state index in [0.717, 1.165) is 36.8 Å². The fourth-order valence-electron chi connectivity index (χ4n) is 2.72. The van der Waals surface area contributed by atoms with Crippen molar-refractivity contribution in [2.45, 2.75) is 19.8 Å². The Morgan fingerprint density at radius 2 is 2.11 bits per heavy atom. The fraction of sp³-hybridized carbons (Fsp3) is 0.533. The number of hydrogen-bond donors (Lipinski definition) is 2. The van der Waals surface area contributed by atoms with Crippen LogP contribution in [0.15, 0.2) is 18.2 Å². The number of anilines is 1. The summed E-state index contributed by atoms with van der Waals surface area (Å²) in [7, 11) is 2.11. The van der Waals surface area contributed by atoms with Crippen molar-refractivity contribution < 1.29 is 4.79 Å². The average Bonchev–Trinajstić information content (AvgIpc) is 2.39. The molecule has 0 radical (unpaired) electrons. The van der Waals surface area contributed by atoms with Crippen LogP contribution in [0.5, 0.6) is 0 Å². The van der Waals surface area contributed by atoms with Gasteiger partial charge in [-0.25, -0.2) is 0 Å². The number of carbonyl (C=O) groups is 1. The largest absolute Gasteiger partial charge is 0.374 e. The van der Waals surface area contributed by atoms with Crippen LogP contribution in [-0.2, 0) is 0 Å². The Labute approximate surface area is 115 Å². The lowest BCUT2D eigenvalue weighted by atomic mass is 9.97. The minimum atomic E-state index is -0.356. The minimum absolute atomic E-state index is 0.356. The van der Waals surface area contributed by atoms with Crippen molar-refractivity contribution in [1.29, 1.82) is 0 Å². The summed E-state index contributed by atoms with van der Waals surface area (Å²) >= 11 is 0. The molecule has 19 heavy (non-hydrogen) atoms. The maximum absolute atomic E-state index is 11.2. The number of nitrogens with zero attached hydrogens (tertiary/aromatic N) is 1. The molecule has 2 rings (SSSR count). The van der Waals surface area contributed by atoms with Crippen molar-refractivity contribution in [3.8, 4) is 0 Å². The van der Waals surface area contributed by atoms with E-state index < -0.39 is 0 Å². The topological polar surface area (TPSA) is 58.4 Å². The predicted octanol–water partition coefficient (Wildman–Crippen LogP) is 1.53. The molecule has 1 saturated heterocycles. The molecular formula is C15H23N3O. The van der Waals surface area contributed by atoms with E-state index in [-0.39, 0.29) is 5.91 Å². The fourth-order valence-corrected chi connectivity index (χ4v) is 2.72. The third kappa shape index (κ3) is 3.47. The SMILES string of the molecule is Cc1cc(N(C)CC2CCNCC2)ccc1C(N)=O. The van der Waals surface area contributed by atoms with Gasteiger partial charge in [0.1, 0.15) is 0 Å². The highest BCUT2D eigenvalue weighted by Crippen LogP contribution is 2.21. The summed E-state index contributed by atoms with van der Waals surface area (Å²) in [6, 6.07) is 5.85. The molecule has 3 N–H and O–H groups in total. The Morgan fingerprint density at radius 3 is 2.68 bits per heavy atom. The van der Waals surface area contributed by atoms with E-state index in [1.807, 2.05) is 25.1 Å². The minimum Gasteiger partial charge on any atom is -0.374 e. The monoisotopic (exact) mass is 261 g/mol. The van der Waals surface area contributed by atoms with E-state index in [4.69, 9.17) is 5.73 Å². The summed E-state index contributed by atoms with van der Waals surface area (Å²) in [6.45, 7) is 5.25. The lowest BCUT2D eigenvalue weighted by molar-refractivity contribution is 0.0999. The van der Waals surface area contributed by atoms with Crippen LogP contribution in [0.1, 0.15) is 28.8 Å². The molecule has 1 aromatic rings. The molecule has 0 saturated carbocycles. The van der Waals surface area contributed by atoms with Gasteiger partial charge in [-0.3, -0.25) is 4.79 Å². The first-order chi connectivity index (χ1) is 9.08. The molecule has 0 aliphatic carbocycles. The molecule has 1 heterocycles. The molecule has 0 aromatic heterocycles. The molecule has 0 atom stereocenters. The highest BCUT2D eigenvalue weighted by molar-refractivity contribution is 5.94. The summed E-state index contributed by atoms with van der Waals surface area (Å²) in [5, 5.41) is 3.39. The van der Waals surface area contributed by atoms with Gasteiger partial charge in [0.05, 0.1) is 0 Å². The van der Waals surface area contributed by atoms with Crippen molar-refractivity contribution in [2.75, 3.05) is 31.6 Å². The standard InChI is InChI=1S/C15H23N3O/c1-11-9-13(3-4-14(11)15(16)19)18(2)10-12-5-7-17-8-6-12/h3-4,9,12,17H,5-8,10H2,1-2H3,(H2,16,19). The van der Waals surface area contributed by atoms with Gasteiger partial charge < -0.3 is 16.0 Å². The predicted molar refractivity (Wildman–Crippen MR) is 78.6 cm³/mol. The average molecular weight is 261 g/mol. The Hall–Kier alpha value is -1.55. The van der Waals surface area contributed by atoms with Gasteiger partial charge in [-0.2, -0.15) is 0 Å². The Bertz CT molecular complexity index is 453. The maximum atomic E-state index is 11.2. The Kier molecular flexibility index (Phi) is 4.43. The number of aryl methyl sites for hydroxylation is 1. The second-order valence-electron chi connectivity index (χ2n) is 5.44. The van der Waals surface area contributed by atoms with Gasteiger partial charge in [-0.15, -0.1) is 0 Å². The van der Waals surface area contributed by atoms with Crippen LogP contribution in [0.25, 0.3) is 0 Å². The van der Waals surface area contributed by atoms with Crippen molar-refractivity contribution in [3.05, 3.63) is 29.3 Å². The zero-order chi connectivity index (χ0) is 13.8. The molecule has 0 unspecified atom stereocenters. The van der Waals surface area contributed by atoms with Crippen LogP contribution in [0.4, 0.5) is 5.69 Å². The number of amides is 1. The quantitative estimate of drug-likeness (QED) is 0.864. The summed E-state index contributed by atoms with van der Waals surface area (Å²) in [5.74, 6) is 0.396. The number of carbonyl (C=O) groups excluding carboxylic acids is 1. The highest BCUT2D eigenvalue weighted by Gasteiger charge is 2.16. The van der Waals surface area contributed by atoms with Crippen LogP contribution >= 0.6 is 0 Å². The Morgan fingerprint density at radius 1 is 1.42 bits per heavy atom. The van der Waals surface area contributed by atoms with E-state index in [1.54, 1.807) is 0 Å². The molecule has 1 aliphatic heterocycles. The van der Waals surface area contributed by atoms with Crippen LogP contribution < -0.4 is 16.0 Å². The van der Waals surface area contributed by atoms with Gasteiger partial charge in [-0.05, 0) is 62.5 Å². The van der Waals surface area contributed by atoms with E-state index >= 15 is 0 Å². The lowest BCUT2D eigenvalue weighted by Gasteiger charge is -2.29. The number of nitrogens with two attached hydrogens (primary N) is 1. The first-order valence-corrected chi connectivity index (χ1v) is 6.90. The zero-order valence-corrected chi connectivity index (χ0v) is 11.8. The number of benzene rings is 1. The van der Waals surface area contributed by atoms with E-state index in [2.05, 4.69) is 17.3 Å². The Balaban J connectivity index is 2.04. The van der Waals surface area contributed by atoms with Crippen LogP contribution in [0.3, 0.4) is 0 Å². The first-order valence-electron chi connectivity index (χ1n) is 6.90. The third-order valence-electron chi connectivity index (χ3n) is 3.91. The van der Waals surface area contributed by atoms with Crippen LogP contribution in [0, 0.1) is 12.8 Å². The second kappa shape index (κ2) is 6.06. The molecule has 1 aromatic carbocycles. The van der Waals surface area contributed by atoms with Crippen LogP contribution in [0.2, 0.25) is 0 Å². The van der Waals surface area contributed by atoms with E-state index in [1.165, 1.54) is 12.8 Å². The number of primary amides is 1. The first kappa shape index (κ1) is 13.9. The van der Waals surface area contributed by atoms with Gasteiger partial charge >= 0.3 is 0 Å². The van der Waals surface area contributed by atoms with Crippen LogP contribution in [-0.4, -0.2) is 32.6 Å². The molecule has 0 spiro atoms. The molecule has 4 heteroatoms. The molecular weight excluding hydrogens is 238 g/mol. The smallest absolute Gasteiger partial charge is 0.248 e. The third-order valence-corrected chi connectivity index (χ3v) is 3.91. The molecule has 4 nitrogen and oxygen atoms in total. The maximum Gasteiger partial charge on any atom is 0.248 e. The van der Waals surface area contributed by atoms with Crippen molar-refractivity contribution in [1.82, 2.24) is 5.32 Å². The molecule has 1 aliphatic rings. The van der Waals surface area contributed by atoms with E-state index in [9.17, 15) is 4.79 Å². The van der Waals surface area contributed by atoms with Gasteiger partial charge in [0, 0.05) is 24.8 Å². The van der Waals surface area contributed by atoms with Crippen molar-refractivity contribution in [3.63, 3.8) is 0 Å². The number of piperidine rings is 1. The van der Waals surface area contributed by atoms with Gasteiger partial charge in [0.15, 0.2) is 0 Å². The molecule has 104 valence electrons. The number of hydrogen-bond acceptors (Lipinski definition) is 3. The summed E-state index contributed by atoms with van der Waals surface area (Å²) in [5.41, 5.74) is 8.04.